The van der Waals surface area contributed by atoms with Gasteiger partial charge in [0.05, 0.1) is 24.0 Å². The molecule has 26 heavy (non-hydrogen) atoms. The third-order valence-electron chi connectivity index (χ3n) is 3.83. The number of carbonyl (C=O) groups excluding carboxylic acids is 2. The van der Waals surface area contributed by atoms with Gasteiger partial charge < -0.3 is 10.1 Å². The van der Waals surface area contributed by atoms with Gasteiger partial charge in [-0.25, -0.2) is 9.78 Å². The fraction of sp³-hybridized carbons (Fsp3) is 0.350. The van der Waals surface area contributed by atoms with E-state index in [0.717, 1.165) is 12.0 Å². The molecule has 5 nitrogen and oxygen atoms in total. The van der Waals surface area contributed by atoms with Gasteiger partial charge in [0.2, 0.25) is 5.91 Å². The molecule has 1 atom stereocenters. The number of aryl methyl sites for hydroxylation is 1. The summed E-state index contributed by atoms with van der Waals surface area (Å²) >= 11 is 1.24. The van der Waals surface area contributed by atoms with Gasteiger partial charge in [-0.3, -0.25) is 4.79 Å². The minimum Gasteiger partial charge on any atom is -0.462 e. The molecule has 0 saturated carbocycles. The highest BCUT2D eigenvalue weighted by Crippen LogP contribution is 2.22. The fourth-order valence-electron chi connectivity index (χ4n) is 2.46. The first-order chi connectivity index (χ1) is 12.5. The summed E-state index contributed by atoms with van der Waals surface area (Å²) in [5.74, 6) is -0.330. The second kappa shape index (κ2) is 9.97. The van der Waals surface area contributed by atoms with Crippen LogP contribution < -0.4 is 5.32 Å². The largest absolute Gasteiger partial charge is 0.462 e. The highest BCUT2D eigenvalue weighted by Gasteiger charge is 2.17. The maximum absolute atomic E-state index is 12.4. The first-order valence-electron chi connectivity index (χ1n) is 8.66. The second-order valence-corrected chi connectivity index (χ2v) is 6.77. The number of aromatic nitrogens is 1. The van der Waals surface area contributed by atoms with E-state index in [1.165, 1.54) is 17.3 Å². The van der Waals surface area contributed by atoms with Crippen LogP contribution in [-0.4, -0.2) is 29.2 Å². The highest BCUT2D eigenvalue weighted by molar-refractivity contribution is 8.00. The van der Waals surface area contributed by atoms with Gasteiger partial charge in [0.1, 0.15) is 5.03 Å². The summed E-state index contributed by atoms with van der Waals surface area (Å²) in [7, 11) is 0. The summed E-state index contributed by atoms with van der Waals surface area (Å²) in [5, 5.41) is 3.55. The van der Waals surface area contributed by atoms with Crippen LogP contribution in [0.3, 0.4) is 0 Å². The zero-order chi connectivity index (χ0) is 18.9. The van der Waals surface area contributed by atoms with Crippen LogP contribution in [0.4, 0.5) is 0 Å². The third-order valence-corrected chi connectivity index (χ3v) is 4.83. The number of amides is 1. The predicted molar refractivity (Wildman–Crippen MR) is 103 cm³/mol. The number of hydrogen-bond acceptors (Lipinski definition) is 5. The number of thioether (sulfide) groups is 1. The maximum atomic E-state index is 12.4. The molecule has 2 aromatic rings. The number of rotatable bonds is 8. The molecule has 1 aromatic carbocycles. The van der Waals surface area contributed by atoms with E-state index in [1.54, 1.807) is 25.3 Å². The molecule has 0 aliphatic carbocycles. The minimum atomic E-state index is -0.422. The van der Waals surface area contributed by atoms with Gasteiger partial charge >= 0.3 is 5.97 Å². The van der Waals surface area contributed by atoms with Crippen LogP contribution in [0, 0.1) is 6.92 Å². The molecule has 1 amide bonds. The molecule has 0 radical (unpaired) electrons. The molecular weight excluding hydrogens is 348 g/mol. The Morgan fingerprint density at radius 2 is 1.92 bits per heavy atom. The van der Waals surface area contributed by atoms with Crippen LogP contribution in [0.5, 0.6) is 0 Å². The topological polar surface area (TPSA) is 68.3 Å². The summed E-state index contributed by atoms with van der Waals surface area (Å²) in [4.78, 5) is 28.5. The van der Waals surface area contributed by atoms with Gasteiger partial charge in [0.15, 0.2) is 0 Å². The summed E-state index contributed by atoms with van der Waals surface area (Å²) in [5.41, 5.74) is 2.66. The quantitative estimate of drug-likeness (QED) is 0.562. The molecular formula is C20H24N2O3S. The number of hydrogen-bond donors (Lipinski definition) is 1. The van der Waals surface area contributed by atoms with Crippen molar-refractivity contribution < 1.29 is 14.3 Å². The molecule has 0 spiro atoms. The van der Waals surface area contributed by atoms with E-state index >= 15 is 0 Å². The molecule has 0 aliphatic heterocycles. The van der Waals surface area contributed by atoms with Crippen molar-refractivity contribution in [2.75, 3.05) is 12.4 Å². The maximum Gasteiger partial charge on any atom is 0.340 e. The number of nitrogens with one attached hydrogen (secondary N) is 1. The Morgan fingerprint density at radius 1 is 1.19 bits per heavy atom. The fourth-order valence-corrected chi connectivity index (χ4v) is 3.25. The number of pyridine rings is 1. The molecule has 0 saturated heterocycles. The van der Waals surface area contributed by atoms with E-state index in [-0.39, 0.29) is 17.7 Å². The average molecular weight is 372 g/mol. The highest BCUT2D eigenvalue weighted by atomic mass is 32.2. The summed E-state index contributed by atoms with van der Waals surface area (Å²) in [6, 6.07) is 11.5. The molecule has 2 rings (SSSR count). The molecule has 1 unspecified atom stereocenters. The lowest BCUT2D eigenvalue weighted by molar-refractivity contribution is -0.119. The molecule has 6 heteroatoms. The first kappa shape index (κ1) is 20.0. The van der Waals surface area contributed by atoms with Crippen molar-refractivity contribution in [2.45, 2.75) is 38.3 Å². The third kappa shape index (κ3) is 5.59. The Hall–Kier alpha value is -2.34. The van der Waals surface area contributed by atoms with E-state index < -0.39 is 5.97 Å². The van der Waals surface area contributed by atoms with Gasteiger partial charge in [0.25, 0.3) is 0 Å². The zero-order valence-corrected chi connectivity index (χ0v) is 16.1. The van der Waals surface area contributed by atoms with Crippen LogP contribution >= 0.6 is 11.8 Å². The molecule has 1 heterocycles. The Kier molecular flexibility index (Phi) is 7.66. The van der Waals surface area contributed by atoms with Crippen molar-refractivity contribution in [1.82, 2.24) is 10.3 Å². The van der Waals surface area contributed by atoms with Crippen molar-refractivity contribution >= 4 is 23.6 Å². The van der Waals surface area contributed by atoms with Crippen LogP contribution in [0.1, 0.15) is 47.8 Å². The van der Waals surface area contributed by atoms with Gasteiger partial charge in [-0.05, 0) is 38.0 Å². The minimum absolute atomic E-state index is 0.0306. The first-order valence-corrected chi connectivity index (χ1v) is 9.64. The number of nitrogens with zero attached hydrogens (tertiary/aromatic N) is 1. The lowest BCUT2D eigenvalue weighted by Crippen LogP contribution is -2.29. The van der Waals surface area contributed by atoms with Gasteiger partial charge in [0, 0.05) is 6.20 Å². The van der Waals surface area contributed by atoms with Crippen molar-refractivity contribution in [3.8, 4) is 0 Å². The van der Waals surface area contributed by atoms with Crippen LogP contribution in [0.15, 0.2) is 47.6 Å². The average Bonchev–Trinajstić information content (AvgIpc) is 2.65. The zero-order valence-electron chi connectivity index (χ0n) is 15.3. The molecule has 138 valence electrons. The van der Waals surface area contributed by atoms with Gasteiger partial charge in [-0.2, -0.15) is 0 Å². The summed E-state index contributed by atoms with van der Waals surface area (Å²) in [6.07, 6.45) is 2.40. The van der Waals surface area contributed by atoms with Gasteiger partial charge in [-0.1, -0.05) is 48.5 Å². The van der Waals surface area contributed by atoms with Crippen LogP contribution in [0.2, 0.25) is 0 Å². The van der Waals surface area contributed by atoms with E-state index in [4.69, 9.17) is 4.74 Å². The van der Waals surface area contributed by atoms with E-state index in [9.17, 15) is 9.59 Å². The van der Waals surface area contributed by atoms with Crippen molar-refractivity contribution in [2.24, 2.45) is 0 Å². The summed E-state index contributed by atoms with van der Waals surface area (Å²) < 4.78 is 5.03. The number of esters is 1. The monoisotopic (exact) mass is 372 g/mol. The lowest BCUT2D eigenvalue weighted by atomic mass is 10.0. The predicted octanol–water partition coefficient (Wildman–Crippen LogP) is 3.93. The SMILES string of the molecule is CCOC(=O)c1cccnc1SCC(=O)NC(CC)c1ccc(C)cc1. The van der Waals surface area contributed by atoms with Crippen LogP contribution in [-0.2, 0) is 9.53 Å². The molecule has 0 fully saturated rings. The summed E-state index contributed by atoms with van der Waals surface area (Å²) in [6.45, 7) is 6.13. The smallest absolute Gasteiger partial charge is 0.340 e. The van der Waals surface area contributed by atoms with Crippen LogP contribution in [0.25, 0.3) is 0 Å². The Labute approximate surface area is 158 Å². The lowest BCUT2D eigenvalue weighted by Gasteiger charge is -2.17. The Bertz CT molecular complexity index is 747. The van der Waals surface area contributed by atoms with Crippen molar-refractivity contribution in [3.05, 3.63) is 59.3 Å². The second-order valence-electron chi connectivity index (χ2n) is 5.80. The molecule has 1 aromatic heterocycles. The normalized spacial score (nSPS) is 11.7. The van der Waals surface area contributed by atoms with E-state index in [2.05, 4.69) is 10.3 Å². The van der Waals surface area contributed by atoms with E-state index in [0.29, 0.717) is 17.2 Å². The van der Waals surface area contributed by atoms with E-state index in [1.807, 2.05) is 38.1 Å². The van der Waals surface area contributed by atoms with Crippen molar-refractivity contribution in [1.29, 1.82) is 0 Å². The number of ether oxygens (including phenoxy) is 1. The molecule has 0 bridgehead atoms. The number of carbonyl (C=O) groups is 2. The Morgan fingerprint density at radius 3 is 2.58 bits per heavy atom. The standard InChI is InChI=1S/C20H24N2O3S/c1-4-17(15-10-8-14(3)9-11-15)22-18(23)13-26-19-16(7-6-12-21-19)20(24)25-5-2/h6-12,17H,4-5,13H2,1-3H3,(H,22,23). The molecule has 1 N–H and O–H groups in total. The van der Waals surface area contributed by atoms with Gasteiger partial charge in [-0.15, -0.1) is 0 Å². The Balaban J connectivity index is 1.98. The van der Waals surface area contributed by atoms with Crippen molar-refractivity contribution in [3.63, 3.8) is 0 Å². The number of benzene rings is 1. The molecule has 0 aliphatic rings.